The summed E-state index contributed by atoms with van der Waals surface area (Å²) >= 11 is 0. The van der Waals surface area contributed by atoms with Gasteiger partial charge in [0.15, 0.2) is 0 Å². The summed E-state index contributed by atoms with van der Waals surface area (Å²) in [6.45, 7) is 9.57. The first-order chi connectivity index (χ1) is 14.9. The van der Waals surface area contributed by atoms with Crippen molar-refractivity contribution in [2.24, 2.45) is 5.41 Å². The molecule has 6 rings (SSSR count). The normalized spacial score (nSPS) is 15.9. The van der Waals surface area contributed by atoms with Crippen LogP contribution in [-0.4, -0.2) is 0 Å². The van der Waals surface area contributed by atoms with Gasteiger partial charge in [0.1, 0.15) is 0 Å². The topological polar surface area (TPSA) is 0 Å². The Balaban J connectivity index is 1.54. The predicted molar refractivity (Wildman–Crippen MR) is 134 cm³/mol. The van der Waals surface area contributed by atoms with Crippen LogP contribution in [-0.2, 0) is 12.8 Å². The molecule has 0 nitrogen and oxygen atoms in total. The van der Waals surface area contributed by atoms with Crippen molar-refractivity contribution in [2.75, 3.05) is 0 Å². The third-order valence-electron chi connectivity index (χ3n) is 7.50. The van der Waals surface area contributed by atoms with Gasteiger partial charge in [0.2, 0.25) is 0 Å². The monoisotopic (exact) mass is 400 g/mol. The number of hydrogen-bond donors (Lipinski definition) is 0. The lowest BCUT2D eigenvalue weighted by molar-refractivity contribution is 0.669. The van der Waals surface area contributed by atoms with E-state index in [1.165, 1.54) is 66.1 Å². The fourth-order valence-electron chi connectivity index (χ4n) is 6.41. The molecule has 2 aliphatic rings. The van der Waals surface area contributed by atoms with Crippen molar-refractivity contribution >= 4 is 32.7 Å². The molecule has 0 atom stereocenters. The molecule has 2 aliphatic carbocycles. The zero-order valence-electron chi connectivity index (χ0n) is 18.8. The van der Waals surface area contributed by atoms with Crippen LogP contribution < -0.4 is 0 Å². The zero-order valence-corrected chi connectivity index (χ0v) is 18.8. The minimum Gasteiger partial charge on any atom is -0.0642 e. The first-order valence-corrected chi connectivity index (χ1v) is 11.4. The van der Waals surface area contributed by atoms with Crippen molar-refractivity contribution in [3.05, 3.63) is 106 Å². The fraction of sp³-hybridized carbons (Fsp3) is 0.226. The van der Waals surface area contributed by atoms with Gasteiger partial charge in [-0.05, 0) is 93.8 Å². The van der Waals surface area contributed by atoms with E-state index < -0.39 is 0 Å². The molecule has 0 spiro atoms. The summed E-state index contributed by atoms with van der Waals surface area (Å²) in [5.41, 5.74) is 11.9. The molecule has 4 aromatic rings. The molecule has 0 bridgehead atoms. The molecule has 0 heterocycles. The molecule has 0 saturated heterocycles. The highest BCUT2D eigenvalue weighted by Crippen LogP contribution is 2.55. The van der Waals surface area contributed by atoms with Gasteiger partial charge in [0.25, 0.3) is 0 Å². The van der Waals surface area contributed by atoms with Gasteiger partial charge in [-0.2, -0.15) is 0 Å². The van der Waals surface area contributed by atoms with Crippen molar-refractivity contribution in [2.45, 2.75) is 40.5 Å². The van der Waals surface area contributed by atoms with Crippen LogP contribution in [0.1, 0.15) is 49.9 Å². The molecule has 0 N–H and O–H groups in total. The van der Waals surface area contributed by atoms with E-state index in [1.807, 2.05) is 0 Å². The average molecular weight is 401 g/mol. The molecule has 0 aromatic heterocycles. The van der Waals surface area contributed by atoms with Gasteiger partial charge in [-0.25, -0.2) is 0 Å². The molecule has 0 saturated carbocycles. The Morgan fingerprint density at radius 2 is 0.903 bits per heavy atom. The van der Waals surface area contributed by atoms with Gasteiger partial charge >= 0.3 is 0 Å². The summed E-state index contributed by atoms with van der Waals surface area (Å²) < 4.78 is 0. The van der Waals surface area contributed by atoms with Crippen molar-refractivity contribution in [1.82, 2.24) is 0 Å². The lowest BCUT2D eigenvalue weighted by Gasteiger charge is -2.32. The highest BCUT2D eigenvalue weighted by atomic mass is 14.4. The Kier molecular flexibility index (Phi) is 3.87. The molecular weight excluding hydrogens is 372 g/mol. The van der Waals surface area contributed by atoms with Crippen molar-refractivity contribution in [1.29, 1.82) is 0 Å². The van der Waals surface area contributed by atoms with E-state index >= 15 is 0 Å². The number of fused-ring (bicyclic) bond motifs is 4. The van der Waals surface area contributed by atoms with Gasteiger partial charge in [0, 0.05) is 5.41 Å². The Morgan fingerprint density at radius 1 is 0.548 bits per heavy atom. The van der Waals surface area contributed by atoms with Crippen LogP contribution in [0.15, 0.2) is 83.9 Å². The lowest BCUT2D eigenvalue weighted by atomic mass is 9.71. The second kappa shape index (κ2) is 6.44. The largest absolute Gasteiger partial charge is 0.0642 e. The first-order valence-electron chi connectivity index (χ1n) is 11.4. The van der Waals surface area contributed by atoms with Crippen LogP contribution in [0.5, 0.6) is 0 Å². The second-order valence-electron chi connectivity index (χ2n) is 10.0. The number of hydrogen-bond acceptors (Lipinski definition) is 0. The maximum absolute atomic E-state index is 2.44. The summed E-state index contributed by atoms with van der Waals surface area (Å²) in [6.07, 6.45) is 2.13. The van der Waals surface area contributed by atoms with Crippen LogP contribution in [0.2, 0.25) is 0 Å². The Bertz CT molecular complexity index is 1350. The molecule has 0 fully saturated rings. The van der Waals surface area contributed by atoms with Crippen LogP contribution in [0, 0.1) is 5.41 Å². The summed E-state index contributed by atoms with van der Waals surface area (Å²) in [5, 5.41) is 5.38. The van der Waals surface area contributed by atoms with Gasteiger partial charge in [-0.1, -0.05) is 85.7 Å². The fourth-order valence-corrected chi connectivity index (χ4v) is 6.41. The van der Waals surface area contributed by atoms with Gasteiger partial charge in [0.05, 0.1) is 0 Å². The van der Waals surface area contributed by atoms with E-state index in [9.17, 15) is 0 Å². The number of allylic oxidation sites excluding steroid dienone is 4. The molecule has 0 unspecified atom stereocenters. The Hall–Kier alpha value is -3.12. The highest BCUT2D eigenvalue weighted by Gasteiger charge is 2.38. The summed E-state index contributed by atoms with van der Waals surface area (Å²) in [6, 6.07) is 27.2. The van der Waals surface area contributed by atoms with Gasteiger partial charge in [-0.3, -0.25) is 0 Å². The van der Waals surface area contributed by atoms with E-state index in [-0.39, 0.29) is 5.41 Å². The van der Waals surface area contributed by atoms with E-state index in [0.717, 1.165) is 12.8 Å². The Labute approximate surface area is 184 Å². The average Bonchev–Trinajstić information content (AvgIpc) is 3.24. The predicted octanol–water partition coefficient (Wildman–Crippen LogP) is 8.38. The highest BCUT2D eigenvalue weighted by molar-refractivity contribution is 5.99. The Morgan fingerprint density at radius 3 is 1.29 bits per heavy atom. The third-order valence-corrected chi connectivity index (χ3v) is 7.50. The quantitative estimate of drug-likeness (QED) is 0.317. The number of benzene rings is 4. The van der Waals surface area contributed by atoms with E-state index in [2.05, 4.69) is 100 Å². The maximum atomic E-state index is 2.44. The van der Waals surface area contributed by atoms with Crippen molar-refractivity contribution in [3.63, 3.8) is 0 Å². The smallest absolute Gasteiger partial charge is 0.0157 e. The summed E-state index contributed by atoms with van der Waals surface area (Å²) in [4.78, 5) is 0. The molecule has 152 valence electrons. The lowest BCUT2D eigenvalue weighted by Crippen LogP contribution is -2.17. The van der Waals surface area contributed by atoms with Gasteiger partial charge in [-0.15, -0.1) is 0 Å². The van der Waals surface area contributed by atoms with Gasteiger partial charge < -0.3 is 0 Å². The minimum atomic E-state index is -0.0322. The summed E-state index contributed by atoms with van der Waals surface area (Å²) in [7, 11) is 0. The third kappa shape index (κ3) is 2.67. The molecule has 0 heteroatoms. The van der Waals surface area contributed by atoms with E-state index in [1.54, 1.807) is 0 Å². The second-order valence-corrected chi connectivity index (χ2v) is 10.0. The van der Waals surface area contributed by atoms with E-state index in [4.69, 9.17) is 0 Å². The molecule has 0 radical (unpaired) electrons. The zero-order chi connectivity index (χ0) is 21.3. The van der Waals surface area contributed by atoms with Crippen molar-refractivity contribution < 1.29 is 0 Å². The van der Waals surface area contributed by atoms with Crippen LogP contribution in [0.4, 0.5) is 0 Å². The summed E-state index contributed by atoms with van der Waals surface area (Å²) in [5.74, 6) is 0. The SMILES string of the molecule is CC1=C(C(C)(C)C2=C(C)Cc3cc4ccccc4cc32)c2cc3ccccc3cc2C1. The van der Waals surface area contributed by atoms with Crippen LogP contribution in [0.3, 0.4) is 0 Å². The number of rotatable bonds is 2. The van der Waals surface area contributed by atoms with Crippen LogP contribution in [0.25, 0.3) is 32.7 Å². The molecule has 4 aromatic carbocycles. The maximum Gasteiger partial charge on any atom is 0.0157 e. The molecular formula is C31H28. The standard InChI is InChI=1S/C31H28/c1-19-13-25-15-21-9-5-7-11-23(21)17-27(25)29(19)31(3,4)30-20(2)14-26-16-22-10-6-8-12-24(22)18-28(26)30/h5-12,15-18H,13-14H2,1-4H3. The molecule has 0 amide bonds. The molecule has 31 heavy (non-hydrogen) atoms. The first kappa shape index (κ1) is 18.6. The van der Waals surface area contributed by atoms with E-state index in [0.29, 0.717) is 0 Å². The van der Waals surface area contributed by atoms with Crippen molar-refractivity contribution in [3.8, 4) is 0 Å². The van der Waals surface area contributed by atoms with Crippen LogP contribution >= 0.6 is 0 Å². The molecule has 0 aliphatic heterocycles. The minimum absolute atomic E-state index is 0.0322.